The van der Waals surface area contributed by atoms with Crippen LogP contribution in [0.4, 0.5) is 0 Å². The molecular weight excluding hydrogens is 264 g/mol. The van der Waals surface area contributed by atoms with E-state index < -0.39 is 11.6 Å². The van der Waals surface area contributed by atoms with Crippen LogP contribution in [0.5, 0.6) is 0 Å². The first-order valence-corrected chi connectivity index (χ1v) is 8.42. The third-order valence-corrected chi connectivity index (χ3v) is 5.37. The van der Waals surface area contributed by atoms with Crippen LogP contribution in [-0.4, -0.2) is 34.3 Å². The normalized spacial score (nSPS) is 27.1. The van der Waals surface area contributed by atoms with E-state index in [0.717, 1.165) is 12.8 Å². The Morgan fingerprint density at radius 3 is 2.10 bits per heavy atom. The van der Waals surface area contributed by atoms with Crippen molar-refractivity contribution < 1.29 is 9.59 Å². The molecule has 2 fully saturated rings. The number of amides is 2. The summed E-state index contributed by atoms with van der Waals surface area (Å²) in [7, 11) is 0. The lowest BCUT2D eigenvalue weighted by Gasteiger charge is -2.52. The number of hydrogen-bond acceptors (Lipinski definition) is 2. The van der Waals surface area contributed by atoms with Crippen molar-refractivity contribution in [2.24, 2.45) is 5.41 Å². The van der Waals surface area contributed by atoms with Gasteiger partial charge in [0.15, 0.2) is 0 Å². The third-order valence-electron chi connectivity index (χ3n) is 5.37. The second-order valence-electron chi connectivity index (χ2n) is 7.66. The summed E-state index contributed by atoms with van der Waals surface area (Å²) in [6.45, 7) is 10.1. The monoisotopic (exact) mass is 294 g/mol. The van der Waals surface area contributed by atoms with Crippen LogP contribution in [0, 0.1) is 5.41 Å². The average Bonchev–Trinajstić information content (AvgIpc) is 2.92. The lowest BCUT2D eigenvalue weighted by Crippen LogP contribution is -2.74. The summed E-state index contributed by atoms with van der Waals surface area (Å²) in [6, 6.07) is -0.162. The third kappa shape index (κ3) is 2.58. The predicted molar refractivity (Wildman–Crippen MR) is 83.8 cm³/mol. The van der Waals surface area contributed by atoms with Gasteiger partial charge in [-0.2, -0.15) is 0 Å². The SMILES string of the molecule is CCC1(CC)C(=O)NC(C(C)(C)C)C(=O)N1C1CCCC1. The van der Waals surface area contributed by atoms with Gasteiger partial charge in [0.25, 0.3) is 0 Å². The summed E-state index contributed by atoms with van der Waals surface area (Å²) in [5.41, 5.74) is -0.898. The van der Waals surface area contributed by atoms with E-state index in [1.165, 1.54) is 12.8 Å². The number of piperazine rings is 1. The standard InChI is InChI=1S/C17H30N2O2/c1-6-17(7-2)15(21)18-13(16(3,4)5)14(20)19(17)12-10-8-9-11-12/h12-13H,6-11H2,1-5H3,(H,18,21). The van der Waals surface area contributed by atoms with Crippen molar-refractivity contribution in [1.82, 2.24) is 10.2 Å². The first-order valence-electron chi connectivity index (χ1n) is 8.42. The summed E-state index contributed by atoms with van der Waals surface area (Å²) in [4.78, 5) is 28.0. The Balaban J connectivity index is 2.44. The largest absolute Gasteiger partial charge is 0.342 e. The molecule has 0 spiro atoms. The van der Waals surface area contributed by atoms with Gasteiger partial charge >= 0.3 is 0 Å². The maximum Gasteiger partial charge on any atom is 0.246 e. The minimum absolute atomic E-state index is 0.0407. The van der Waals surface area contributed by atoms with E-state index in [2.05, 4.69) is 5.32 Å². The number of nitrogens with one attached hydrogen (secondary N) is 1. The van der Waals surface area contributed by atoms with Crippen LogP contribution in [0.15, 0.2) is 0 Å². The molecule has 1 unspecified atom stereocenters. The van der Waals surface area contributed by atoms with Crippen molar-refractivity contribution in [2.45, 2.75) is 90.8 Å². The molecule has 1 aliphatic heterocycles. The van der Waals surface area contributed by atoms with Gasteiger partial charge in [0.05, 0.1) is 0 Å². The minimum atomic E-state index is -0.645. The van der Waals surface area contributed by atoms with Crippen molar-refractivity contribution in [3.8, 4) is 0 Å². The van der Waals surface area contributed by atoms with Crippen LogP contribution in [-0.2, 0) is 9.59 Å². The highest BCUT2D eigenvalue weighted by atomic mass is 16.2. The van der Waals surface area contributed by atoms with Crippen molar-refractivity contribution in [3.05, 3.63) is 0 Å². The van der Waals surface area contributed by atoms with E-state index in [0.29, 0.717) is 12.8 Å². The Morgan fingerprint density at radius 1 is 1.14 bits per heavy atom. The number of carbonyl (C=O) groups excluding carboxylic acids is 2. The predicted octanol–water partition coefficient (Wildman–Crippen LogP) is 2.86. The number of nitrogens with zero attached hydrogens (tertiary/aromatic N) is 1. The van der Waals surface area contributed by atoms with Gasteiger partial charge < -0.3 is 10.2 Å². The molecular formula is C17H30N2O2. The molecule has 0 bridgehead atoms. The molecule has 1 N–H and O–H groups in total. The highest BCUT2D eigenvalue weighted by Gasteiger charge is 2.55. The number of carbonyl (C=O) groups is 2. The topological polar surface area (TPSA) is 49.4 Å². The van der Waals surface area contributed by atoms with E-state index in [1.807, 2.05) is 39.5 Å². The van der Waals surface area contributed by atoms with E-state index in [9.17, 15) is 9.59 Å². The van der Waals surface area contributed by atoms with Crippen molar-refractivity contribution in [2.75, 3.05) is 0 Å². The van der Waals surface area contributed by atoms with Gasteiger partial charge in [-0.15, -0.1) is 0 Å². The van der Waals surface area contributed by atoms with Crippen molar-refractivity contribution in [3.63, 3.8) is 0 Å². The zero-order chi connectivity index (χ0) is 15.8. The molecule has 21 heavy (non-hydrogen) atoms. The summed E-state index contributed by atoms with van der Waals surface area (Å²) in [5, 5.41) is 3.02. The second kappa shape index (κ2) is 5.62. The molecule has 4 nitrogen and oxygen atoms in total. The van der Waals surface area contributed by atoms with Crippen LogP contribution in [0.3, 0.4) is 0 Å². The molecule has 1 atom stereocenters. The summed E-state index contributed by atoms with van der Waals surface area (Å²) in [5.74, 6) is 0.164. The molecule has 1 saturated heterocycles. The zero-order valence-electron chi connectivity index (χ0n) is 14.2. The van der Waals surface area contributed by atoms with Gasteiger partial charge in [0, 0.05) is 6.04 Å². The first-order chi connectivity index (χ1) is 9.78. The smallest absolute Gasteiger partial charge is 0.246 e. The fourth-order valence-corrected chi connectivity index (χ4v) is 3.98. The second-order valence-corrected chi connectivity index (χ2v) is 7.66. The van der Waals surface area contributed by atoms with Crippen LogP contribution >= 0.6 is 0 Å². The Labute approximate surface area is 128 Å². The molecule has 2 aliphatic rings. The van der Waals surface area contributed by atoms with Gasteiger partial charge in [-0.25, -0.2) is 0 Å². The highest BCUT2D eigenvalue weighted by Crippen LogP contribution is 2.38. The lowest BCUT2D eigenvalue weighted by molar-refractivity contribution is -0.165. The lowest BCUT2D eigenvalue weighted by atomic mass is 9.78. The fraction of sp³-hybridized carbons (Fsp3) is 0.882. The Kier molecular flexibility index (Phi) is 4.36. The van der Waals surface area contributed by atoms with E-state index in [1.54, 1.807) is 0 Å². The average molecular weight is 294 g/mol. The van der Waals surface area contributed by atoms with Crippen LogP contribution in [0.2, 0.25) is 0 Å². The molecule has 2 amide bonds. The molecule has 120 valence electrons. The van der Waals surface area contributed by atoms with E-state index in [-0.39, 0.29) is 23.3 Å². The Bertz CT molecular complexity index is 415. The molecule has 4 heteroatoms. The summed E-state index contributed by atoms with van der Waals surface area (Å²) < 4.78 is 0. The first kappa shape index (κ1) is 16.3. The Morgan fingerprint density at radius 2 is 1.67 bits per heavy atom. The molecule has 0 aromatic carbocycles. The molecule has 0 aromatic rings. The van der Waals surface area contributed by atoms with Crippen LogP contribution in [0.1, 0.15) is 73.1 Å². The number of hydrogen-bond donors (Lipinski definition) is 1. The molecule has 0 aromatic heterocycles. The van der Waals surface area contributed by atoms with Gasteiger partial charge in [0.1, 0.15) is 11.6 Å². The maximum absolute atomic E-state index is 13.1. The van der Waals surface area contributed by atoms with E-state index >= 15 is 0 Å². The zero-order valence-corrected chi connectivity index (χ0v) is 14.2. The summed E-state index contributed by atoms with van der Waals surface area (Å²) >= 11 is 0. The van der Waals surface area contributed by atoms with Crippen LogP contribution < -0.4 is 5.32 Å². The number of rotatable bonds is 3. The summed E-state index contributed by atoms with van der Waals surface area (Å²) in [6.07, 6.45) is 5.79. The molecule has 1 aliphatic carbocycles. The maximum atomic E-state index is 13.1. The fourth-order valence-electron chi connectivity index (χ4n) is 3.98. The molecule has 1 heterocycles. The van der Waals surface area contributed by atoms with Crippen LogP contribution in [0.25, 0.3) is 0 Å². The highest BCUT2D eigenvalue weighted by molar-refractivity contribution is 6.00. The van der Waals surface area contributed by atoms with Gasteiger partial charge in [-0.3, -0.25) is 9.59 Å². The minimum Gasteiger partial charge on any atom is -0.342 e. The molecule has 2 rings (SSSR count). The van der Waals surface area contributed by atoms with Crippen molar-refractivity contribution >= 4 is 11.8 Å². The van der Waals surface area contributed by atoms with Gasteiger partial charge in [-0.1, -0.05) is 47.5 Å². The molecule has 0 radical (unpaired) electrons. The van der Waals surface area contributed by atoms with Crippen molar-refractivity contribution in [1.29, 1.82) is 0 Å². The van der Waals surface area contributed by atoms with Gasteiger partial charge in [0.2, 0.25) is 11.8 Å². The molecule has 1 saturated carbocycles. The van der Waals surface area contributed by atoms with E-state index in [4.69, 9.17) is 0 Å². The quantitative estimate of drug-likeness (QED) is 0.870. The Hall–Kier alpha value is -1.06. The van der Waals surface area contributed by atoms with Gasteiger partial charge in [-0.05, 0) is 31.1 Å².